The van der Waals surface area contributed by atoms with Gasteiger partial charge in [-0.25, -0.2) is 0 Å². The lowest BCUT2D eigenvalue weighted by atomic mass is 10.0. The van der Waals surface area contributed by atoms with E-state index in [1.807, 2.05) is 20.8 Å². The van der Waals surface area contributed by atoms with E-state index >= 15 is 0 Å². The van der Waals surface area contributed by atoms with Crippen LogP contribution < -0.4 is 4.89 Å². The van der Waals surface area contributed by atoms with Gasteiger partial charge in [0.1, 0.15) is 7.60 Å². The highest BCUT2D eigenvalue weighted by Gasteiger charge is 2.24. The Balaban J connectivity index is 4.35. The molecule has 0 rings (SSSR count). The second-order valence-electron chi connectivity index (χ2n) is 5.53. The van der Waals surface area contributed by atoms with Crippen LogP contribution in [0.4, 0.5) is 0 Å². The van der Waals surface area contributed by atoms with Crippen LogP contribution in [0.3, 0.4) is 0 Å². The number of hydrogen-bond donors (Lipinski definition) is 0. The minimum Gasteiger partial charge on any atom is -0.778 e. The molecule has 0 radical (unpaired) electrons. The van der Waals surface area contributed by atoms with Crippen LogP contribution in [0.5, 0.6) is 0 Å². The number of rotatable bonds is 2. The molecular formula is C9H20O3P-. The van der Waals surface area contributed by atoms with Crippen LogP contribution in [0.2, 0.25) is 0 Å². The van der Waals surface area contributed by atoms with Crippen LogP contribution in [0.15, 0.2) is 0 Å². The maximum absolute atomic E-state index is 11.5. The first-order chi connectivity index (χ1) is 5.41. The zero-order valence-corrected chi connectivity index (χ0v) is 10.3. The molecule has 0 saturated heterocycles. The zero-order valence-electron chi connectivity index (χ0n) is 9.38. The van der Waals surface area contributed by atoms with Gasteiger partial charge >= 0.3 is 0 Å². The first-order valence-electron chi connectivity index (χ1n) is 4.42. The normalized spacial score (nSPS) is 18.4. The van der Waals surface area contributed by atoms with Crippen molar-refractivity contribution in [3.8, 4) is 0 Å². The molecule has 1 unspecified atom stereocenters. The SMILES string of the molecule is CC(C)(C)CP(=O)([O-])OC(C)(C)C. The Kier molecular flexibility index (Phi) is 3.76. The van der Waals surface area contributed by atoms with Crippen LogP contribution in [0, 0.1) is 5.41 Å². The Labute approximate surface area is 81.0 Å². The van der Waals surface area contributed by atoms with E-state index in [0.717, 1.165) is 0 Å². The minimum atomic E-state index is -3.69. The van der Waals surface area contributed by atoms with Crippen LogP contribution in [-0.2, 0) is 9.09 Å². The predicted molar refractivity (Wildman–Crippen MR) is 52.8 cm³/mol. The van der Waals surface area contributed by atoms with Gasteiger partial charge in [0.2, 0.25) is 0 Å². The Morgan fingerprint density at radius 2 is 1.54 bits per heavy atom. The summed E-state index contributed by atoms with van der Waals surface area (Å²) in [6.45, 7) is 10.8. The highest BCUT2D eigenvalue weighted by Crippen LogP contribution is 2.46. The molecule has 0 aromatic carbocycles. The maximum Gasteiger partial charge on any atom is 0.136 e. The smallest absolute Gasteiger partial charge is 0.136 e. The molecule has 0 saturated carbocycles. The lowest BCUT2D eigenvalue weighted by molar-refractivity contribution is -0.207. The molecule has 0 spiro atoms. The fourth-order valence-corrected chi connectivity index (χ4v) is 3.09. The first-order valence-corrected chi connectivity index (χ1v) is 6.15. The summed E-state index contributed by atoms with van der Waals surface area (Å²) in [5.74, 6) is 0. The molecule has 4 heteroatoms. The highest BCUT2D eigenvalue weighted by molar-refractivity contribution is 7.51. The van der Waals surface area contributed by atoms with E-state index in [4.69, 9.17) is 4.52 Å². The summed E-state index contributed by atoms with van der Waals surface area (Å²) in [5, 5.41) is 0. The van der Waals surface area contributed by atoms with Crippen molar-refractivity contribution in [3.05, 3.63) is 0 Å². The maximum atomic E-state index is 11.5. The van der Waals surface area contributed by atoms with Gasteiger partial charge in [-0.15, -0.1) is 0 Å². The van der Waals surface area contributed by atoms with Crippen LogP contribution in [0.25, 0.3) is 0 Å². The summed E-state index contributed by atoms with van der Waals surface area (Å²) in [5.41, 5.74) is -0.870. The monoisotopic (exact) mass is 207 g/mol. The molecular weight excluding hydrogens is 187 g/mol. The fraction of sp³-hybridized carbons (Fsp3) is 1.00. The second kappa shape index (κ2) is 3.72. The molecule has 0 amide bonds. The third-order valence-electron chi connectivity index (χ3n) is 1.08. The topological polar surface area (TPSA) is 49.4 Å². The molecule has 0 fully saturated rings. The summed E-state index contributed by atoms with van der Waals surface area (Å²) in [6, 6.07) is 0. The van der Waals surface area contributed by atoms with E-state index in [-0.39, 0.29) is 11.6 Å². The molecule has 13 heavy (non-hydrogen) atoms. The predicted octanol–water partition coefficient (Wildman–Crippen LogP) is 2.40. The molecule has 3 nitrogen and oxygen atoms in total. The second-order valence-corrected chi connectivity index (χ2v) is 7.25. The van der Waals surface area contributed by atoms with Crippen molar-refractivity contribution < 1.29 is 14.0 Å². The van der Waals surface area contributed by atoms with E-state index < -0.39 is 13.2 Å². The van der Waals surface area contributed by atoms with Gasteiger partial charge < -0.3 is 14.0 Å². The Bertz CT molecular complexity index is 190. The molecule has 0 aliphatic rings. The lowest BCUT2D eigenvalue weighted by Crippen LogP contribution is -2.26. The van der Waals surface area contributed by atoms with Crippen molar-refractivity contribution in [1.82, 2.24) is 0 Å². The fourth-order valence-electron chi connectivity index (χ4n) is 1.03. The molecule has 0 aromatic heterocycles. The van der Waals surface area contributed by atoms with Crippen LogP contribution in [-0.4, -0.2) is 11.8 Å². The minimum absolute atomic E-state index is 0.0806. The van der Waals surface area contributed by atoms with Gasteiger partial charge in [-0.05, 0) is 26.2 Å². The summed E-state index contributed by atoms with van der Waals surface area (Å²) >= 11 is 0. The summed E-state index contributed by atoms with van der Waals surface area (Å²) < 4.78 is 16.5. The standard InChI is InChI=1S/C9H21O3P/c1-8(2,3)7-13(10,11)12-9(4,5)6/h7H2,1-6H3,(H,10,11)/p-1. The molecule has 0 N–H and O–H groups in total. The van der Waals surface area contributed by atoms with Gasteiger partial charge in [0.25, 0.3) is 0 Å². The van der Waals surface area contributed by atoms with E-state index in [1.54, 1.807) is 20.8 Å². The largest absolute Gasteiger partial charge is 0.778 e. The third kappa shape index (κ3) is 8.48. The molecule has 80 valence electrons. The summed E-state index contributed by atoms with van der Waals surface area (Å²) in [4.78, 5) is 11.5. The van der Waals surface area contributed by atoms with Crippen molar-refractivity contribution >= 4 is 7.60 Å². The van der Waals surface area contributed by atoms with Crippen LogP contribution in [0.1, 0.15) is 41.5 Å². The van der Waals surface area contributed by atoms with Gasteiger partial charge in [0.05, 0.1) is 5.60 Å². The van der Waals surface area contributed by atoms with Gasteiger partial charge in [0.15, 0.2) is 0 Å². The average Bonchev–Trinajstić information content (AvgIpc) is 1.43. The van der Waals surface area contributed by atoms with E-state index in [1.165, 1.54) is 0 Å². The zero-order chi connectivity index (χ0) is 10.9. The van der Waals surface area contributed by atoms with Gasteiger partial charge in [-0.1, -0.05) is 20.8 Å². The molecule has 0 aliphatic carbocycles. The quantitative estimate of drug-likeness (QED) is 0.653. The van der Waals surface area contributed by atoms with Crippen molar-refractivity contribution in [2.24, 2.45) is 5.41 Å². The molecule has 1 atom stereocenters. The van der Waals surface area contributed by atoms with E-state index in [2.05, 4.69) is 0 Å². The van der Waals surface area contributed by atoms with Crippen molar-refractivity contribution in [1.29, 1.82) is 0 Å². The Morgan fingerprint density at radius 3 is 1.77 bits per heavy atom. The van der Waals surface area contributed by atoms with E-state index in [0.29, 0.717) is 0 Å². The molecule has 0 aliphatic heterocycles. The average molecular weight is 207 g/mol. The van der Waals surface area contributed by atoms with Gasteiger partial charge in [-0.3, -0.25) is 0 Å². The highest BCUT2D eigenvalue weighted by atomic mass is 31.2. The van der Waals surface area contributed by atoms with E-state index in [9.17, 15) is 9.46 Å². The van der Waals surface area contributed by atoms with Gasteiger partial charge in [0, 0.05) is 6.16 Å². The lowest BCUT2D eigenvalue weighted by Gasteiger charge is -2.35. The molecule has 0 bridgehead atoms. The Hall–Kier alpha value is 0.150. The van der Waals surface area contributed by atoms with Gasteiger partial charge in [-0.2, -0.15) is 0 Å². The summed E-state index contributed by atoms with van der Waals surface area (Å²) in [6.07, 6.45) is 0.0806. The first kappa shape index (κ1) is 13.2. The third-order valence-corrected chi connectivity index (χ3v) is 3.24. The van der Waals surface area contributed by atoms with Crippen molar-refractivity contribution in [2.75, 3.05) is 6.16 Å². The van der Waals surface area contributed by atoms with Crippen molar-refractivity contribution in [3.63, 3.8) is 0 Å². The van der Waals surface area contributed by atoms with Crippen molar-refractivity contribution in [2.45, 2.75) is 47.1 Å². The van der Waals surface area contributed by atoms with Crippen LogP contribution >= 0.6 is 7.60 Å². The summed E-state index contributed by atoms with van der Waals surface area (Å²) in [7, 11) is -3.69. The molecule has 0 aromatic rings. The Morgan fingerprint density at radius 1 is 1.15 bits per heavy atom. The molecule has 0 heterocycles. The number of hydrogen-bond acceptors (Lipinski definition) is 3.